The highest BCUT2D eigenvalue weighted by atomic mass is 32.1. The van der Waals surface area contributed by atoms with Gasteiger partial charge in [0.25, 0.3) is 0 Å². The van der Waals surface area contributed by atoms with Crippen molar-refractivity contribution in [3.05, 3.63) is 21.9 Å². The maximum Gasteiger partial charge on any atom is 0.0462 e. The van der Waals surface area contributed by atoms with Crippen LogP contribution >= 0.6 is 11.3 Å². The number of rotatable bonds is 5. The van der Waals surface area contributed by atoms with Crippen LogP contribution < -0.4 is 5.73 Å². The van der Waals surface area contributed by atoms with Crippen molar-refractivity contribution in [2.24, 2.45) is 5.73 Å². The summed E-state index contributed by atoms with van der Waals surface area (Å²) in [6.07, 6.45) is 2.05. The summed E-state index contributed by atoms with van der Waals surface area (Å²) in [6, 6.07) is 2.31. The van der Waals surface area contributed by atoms with Gasteiger partial charge in [0, 0.05) is 24.6 Å². The van der Waals surface area contributed by atoms with Crippen molar-refractivity contribution in [1.29, 1.82) is 0 Å². The van der Waals surface area contributed by atoms with Crippen LogP contribution in [0.5, 0.6) is 0 Å². The molecule has 1 unspecified atom stereocenters. The van der Waals surface area contributed by atoms with Crippen LogP contribution in [0.15, 0.2) is 11.4 Å². The summed E-state index contributed by atoms with van der Waals surface area (Å²) < 4.78 is 4.99. The van der Waals surface area contributed by atoms with E-state index in [2.05, 4.69) is 18.4 Å². The van der Waals surface area contributed by atoms with Crippen LogP contribution in [0, 0.1) is 6.92 Å². The first-order valence-corrected chi connectivity index (χ1v) is 5.42. The molecule has 0 aliphatic carbocycles. The molecule has 2 nitrogen and oxygen atoms in total. The molecule has 3 heteroatoms. The normalized spacial score (nSPS) is 13.2. The lowest BCUT2D eigenvalue weighted by molar-refractivity contribution is 0.190. The first kappa shape index (κ1) is 10.7. The van der Waals surface area contributed by atoms with Gasteiger partial charge in [0.05, 0.1) is 0 Å². The van der Waals surface area contributed by atoms with E-state index in [0.717, 1.165) is 19.4 Å². The first-order chi connectivity index (χ1) is 6.25. The van der Waals surface area contributed by atoms with E-state index in [4.69, 9.17) is 10.5 Å². The number of ether oxygens (including phenoxy) is 1. The highest BCUT2D eigenvalue weighted by Gasteiger charge is 2.09. The van der Waals surface area contributed by atoms with Crippen LogP contribution in [0.1, 0.15) is 29.3 Å². The van der Waals surface area contributed by atoms with E-state index < -0.39 is 0 Å². The van der Waals surface area contributed by atoms with Crippen LogP contribution in [0.3, 0.4) is 0 Å². The van der Waals surface area contributed by atoms with Crippen molar-refractivity contribution >= 4 is 11.3 Å². The summed E-state index contributed by atoms with van der Waals surface area (Å²) in [5, 5.41) is 2.10. The van der Waals surface area contributed by atoms with Crippen LogP contribution in [-0.2, 0) is 4.74 Å². The molecule has 2 N–H and O–H groups in total. The Bertz CT molecular complexity index is 247. The molecule has 1 heterocycles. The van der Waals surface area contributed by atoms with Crippen LogP contribution in [0.25, 0.3) is 0 Å². The molecule has 1 rings (SSSR count). The second kappa shape index (κ2) is 5.37. The number of thiophene rings is 1. The van der Waals surface area contributed by atoms with Gasteiger partial charge in [0.2, 0.25) is 0 Å². The van der Waals surface area contributed by atoms with Crippen LogP contribution in [0.4, 0.5) is 0 Å². The van der Waals surface area contributed by atoms with E-state index in [9.17, 15) is 0 Å². The van der Waals surface area contributed by atoms with Gasteiger partial charge in [-0.05, 0) is 36.8 Å². The van der Waals surface area contributed by atoms with Gasteiger partial charge in [-0.2, -0.15) is 0 Å². The van der Waals surface area contributed by atoms with Gasteiger partial charge < -0.3 is 10.5 Å². The Morgan fingerprint density at radius 2 is 2.38 bits per heavy atom. The Labute approximate surface area is 83.7 Å². The standard InChI is InChI=1S/C10H17NOS/c1-8-5-7-13-10(8)9(11)4-3-6-12-2/h5,7,9H,3-4,6,11H2,1-2H3. The molecule has 0 radical (unpaired) electrons. The topological polar surface area (TPSA) is 35.2 Å². The monoisotopic (exact) mass is 199 g/mol. The molecule has 1 atom stereocenters. The van der Waals surface area contributed by atoms with Crippen molar-refractivity contribution < 1.29 is 4.74 Å². The number of hydrogen-bond acceptors (Lipinski definition) is 3. The largest absolute Gasteiger partial charge is 0.385 e. The molecule has 0 aromatic carbocycles. The minimum absolute atomic E-state index is 0.190. The van der Waals surface area contributed by atoms with Gasteiger partial charge in [0.15, 0.2) is 0 Å². The van der Waals surface area contributed by atoms with E-state index in [1.165, 1.54) is 10.4 Å². The zero-order valence-corrected chi connectivity index (χ0v) is 9.06. The van der Waals surface area contributed by atoms with Gasteiger partial charge in [-0.15, -0.1) is 11.3 Å². The van der Waals surface area contributed by atoms with E-state index in [0.29, 0.717) is 0 Å². The first-order valence-electron chi connectivity index (χ1n) is 4.54. The lowest BCUT2D eigenvalue weighted by atomic mass is 10.1. The molecule has 0 amide bonds. The second-order valence-electron chi connectivity index (χ2n) is 3.21. The Morgan fingerprint density at radius 1 is 1.62 bits per heavy atom. The second-order valence-corrected chi connectivity index (χ2v) is 4.16. The lowest BCUT2D eigenvalue weighted by Gasteiger charge is -2.10. The smallest absolute Gasteiger partial charge is 0.0462 e. The van der Waals surface area contributed by atoms with Gasteiger partial charge in [-0.3, -0.25) is 0 Å². The highest BCUT2D eigenvalue weighted by Crippen LogP contribution is 2.24. The van der Waals surface area contributed by atoms with Gasteiger partial charge in [-0.1, -0.05) is 0 Å². The van der Waals surface area contributed by atoms with Gasteiger partial charge >= 0.3 is 0 Å². The third-order valence-electron chi connectivity index (χ3n) is 2.10. The molecule has 0 saturated carbocycles. The molecule has 0 bridgehead atoms. The molecule has 0 aliphatic heterocycles. The van der Waals surface area contributed by atoms with E-state index >= 15 is 0 Å². The Kier molecular flexibility index (Phi) is 4.42. The molecular formula is C10H17NOS. The predicted molar refractivity (Wildman–Crippen MR) is 57.1 cm³/mol. The number of aryl methyl sites for hydroxylation is 1. The quantitative estimate of drug-likeness (QED) is 0.739. The van der Waals surface area contributed by atoms with Crippen LogP contribution in [0.2, 0.25) is 0 Å². The molecular weight excluding hydrogens is 182 g/mol. The molecule has 0 fully saturated rings. The summed E-state index contributed by atoms with van der Waals surface area (Å²) in [6.45, 7) is 2.92. The fraction of sp³-hybridized carbons (Fsp3) is 0.600. The maximum atomic E-state index is 6.04. The molecule has 74 valence electrons. The number of nitrogens with two attached hydrogens (primary N) is 1. The van der Waals surface area contributed by atoms with Crippen molar-refractivity contribution in [2.45, 2.75) is 25.8 Å². The van der Waals surface area contributed by atoms with E-state index in [1.54, 1.807) is 18.4 Å². The molecule has 1 aromatic rings. The average molecular weight is 199 g/mol. The minimum atomic E-state index is 0.190. The SMILES string of the molecule is COCCCC(N)c1sccc1C. The molecule has 1 aromatic heterocycles. The molecule has 0 saturated heterocycles. The third-order valence-corrected chi connectivity index (χ3v) is 3.25. The van der Waals surface area contributed by atoms with Crippen LogP contribution in [-0.4, -0.2) is 13.7 Å². The van der Waals surface area contributed by atoms with E-state index in [-0.39, 0.29) is 6.04 Å². The van der Waals surface area contributed by atoms with Crippen molar-refractivity contribution in [3.63, 3.8) is 0 Å². The molecule has 13 heavy (non-hydrogen) atoms. The average Bonchev–Trinajstić information content (AvgIpc) is 2.52. The van der Waals surface area contributed by atoms with Crippen molar-refractivity contribution in [2.75, 3.05) is 13.7 Å². The Balaban J connectivity index is 2.39. The predicted octanol–water partition coefficient (Wildman–Crippen LogP) is 2.48. The zero-order valence-electron chi connectivity index (χ0n) is 8.25. The summed E-state index contributed by atoms with van der Waals surface area (Å²) >= 11 is 1.75. The minimum Gasteiger partial charge on any atom is -0.385 e. The zero-order chi connectivity index (χ0) is 9.68. The van der Waals surface area contributed by atoms with Crippen molar-refractivity contribution in [3.8, 4) is 0 Å². The van der Waals surface area contributed by atoms with E-state index in [1.807, 2.05) is 0 Å². The summed E-state index contributed by atoms with van der Waals surface area (Å²) in [4.78, 5) is 1.32. The summed E-state index contributed by atoms with van der Waals surface area (Å²) in [5.74, 6) is 0. The summed E-state index contributed by atoms with van der Waals surface area (Å²) in [5.41, 5.74) is 7.35. The number of methoxy groups -OCH3 is 1. The third kappa shape index (κ3) is 3.10. The van der Waals surface area contributed by atoms with Gasteiger partial charge in [-0.25, -0.2) is 0 Å². The fourth-order valence-corrected chi connectivity index (χ4v) is 2.31. The fourth-order valence-electron chi connectivity index (χ4n) is 1.34. The summed E-state index contributed by atoms with van der Waals surface area (Å²) in [7, 11) is 1.72. The lowest BCUT2D eigenvalue weighted by Crippen LogP contribution is -2.10. The van der Waals surface area contributed by atoms with Gasteiger partial charge in [0.1, 0.15) is 0 Å². The highest BCUT2D eigenvalue weighted by molar-refractivity contribution is 7.10. The maximum absolute atomic E-state index is 6.04. The van der Waals surface area contributed by atoms with Crippen molar-refractivity contribution in [1.82, 2.24) is 0 Å². The Hall–Kier alpha value is -0.380. The Morgan fingerprint density at radius 3 is 2.92 bits per heavy atom. The number of hydrogen-bond donors (Lipinski definition) is 1. The molecule has 0 aliphatic rings. The molecule has 0 spiro atoms.